The van der Waals surface area contributed by atoms with E-state index in [9.17, 15) is 22.2 Å². The Hall–Kier alpha value is -3.34. The van der Waals surface area contributed by atoms with E-state index in [4.69, 9.17) is 0 Å². The number of benzene rings is 1. The number of aromatic nitrogens is 3. The number of halogens is 3. The van der Waals surface area contributed by atoms with Gasteiger partial charge in [-0.15, -0.1) is 0 Å². The molecule has 7 nitrogen and oxygen atoms in total. The predicted octanol–water partition coefficient (Wildman–Crippen LogP) is 3.81. The monoisotopic (exact) mass is 475 g/mol. The van der Waals surface area contributed by atoms with Crippen LogP contribution in [0, 0.1) is 6.92 Å². The Labute approximate surface area is 190 Å². The average molecular weight is 475 g/mol. The first kappa shape index (κ1) is 22.8. The van der Waals surface area contributed by atoms with E-state index in [0.29, 0.717) is 36.0 Å². The van der Waals surface area contributed by atoms with Crippen molar-refractivity contribution >= 4 is 28.3 Å². The number of alkyl halides is 3. The molecule has 1 aliphatic heterocycles. The second-order valence-corrected chi connectivity index (χ2v) is 9.24. The zero-order valence-corrected chi connectivity index (χ0v) is 18.4. The van der Waals surface area contributed by atoms with Crippen LogP contribution in [0.4, 0.5) is 24.8 Å². The van der Waals surface area contributed by atoms with Crippen LogP contribution in [-0.2, 0) is 17.0 Å². The molecule has 3 aromatic rings. The molecule has 0 saturated carbocycles. The van der Waals surface area contributed by atoms with E-state index < -0.39 is 22.7 Å². The summed E-state index contributed by atoms with van der Waals surface area (Å²) < 4.78 is 50.2. The Bertz CT molecular complexity index is 1190. The molecule has 4 rings (SSSR count). The first-order valence-electron chi connectivity index (χ1n) is 10.1. The van der Waals surface area contributed by atoms with Crippen LogP contribution in [0.25, 0.3) is 11.1 Å². The fourth-order valence-electron chi connectivity index (χ4n) is 3.42. The SMILES string of the molecule is Cc1cc(Nc2nccc(C(F)(F)F)n2)cc(-c2ccc(C(=O)N3CCS(=O)CC3)nc2)c1. The quantitative estimate of drug-likeness (QED) is 0.618. The van der Waals surface area contributed by atoms with E-state index in [-0.39, 0.29) is 11.9 Å². The van der Waals surface area contributed by atoms with Gasteiger partial charge in [0.2, 0.25) is 5.95 Å². The second-order valence-electron chi connectivity index (χ2n) is 7.55. The van der Waals surface area contributed by atoms with E-state index in [0.717, 1.165) is 29.0 Å². The van der Waals surface area contributed by atoms with Gasteiger partial charge >= 0.3 is 6.18 Å². The smallest absolute Gasteiger partial charge is 0.335 e. The minimum Gasteiger partial charge on any atom is -0.335 e. The van der Waals surface area contributed by atoms with Crippen molar-refractivity contribution in [1.82, 2.24) is 19.9 Å². The maximum atomic E-state index is 12.9. The van der Waals surface area contributed by atoms with Gasteiger partial charge in [0.05, 0.1) is 0 Å². The number of nitrogens with zero attached hydrogens (tertiary/aromatic N) is 4. The fraction of sp³-hybridized carbons (Fsp3) is 0.273. The summed E-state index contributed by atoms with van der Waals surface area (Å²) in [6, 6.07) is 9.62. The Balaban J connectivity index is 1.53. The molecule has 11 heteroatoms. The minimum atomic E-state index is -4.56. The lowest BCUT2D eigenvalue weighted by molar-refractivity contribution is -0.141. The van der Waals surface area contributed by atoms with Crippen LogP contribution < -0.4 is 5.32 Å². The van der Waals surface area contributed by atoms with Gasteiger partial charge in [-0.1, -0.05) is 12.1 Å². The van der Waals surface area contributed by atoms with Crippen molar-refractivity contribution in [2.45, 2.75) is 13.1 Å². The summed E-state index contributed by atoms with van der Waals surface area (Å²) in [7, 11) is -0.873. The number of rotatable bonds is 4. The lowest BCUT2D eigenvalue weighted by atomic mass is 10.0. The highest BCUT2D eigenvalue weighted by Crippen LogP contribution is 2.29. The third-order valence-corrected chi connectivity index (χ3v) is 6.34. The molecule has 1 saturated heterocycles. The Morgan fingerprint density at radius 3 is 2.48 bits per heavy atom. The molecule has 2 aromatic heterocycles. The van der Waals surface area contributed by atoms with E-state index in [1.54, 1.807) is 35.4 Å². The molecule has 1 amide bonds. The number of carbonyl (C=O) groups is 1. The molecule has 0 unspecified atom stereocenters. The van der Waals surface area contributed by atoms with Gasteiger partial charge < -0.3 is 10.2 Å². The molecule has 0 spiro atoms. The lowest BCUT2D eigenvalue weighted by Crippen LogP contribution is -2.42. The van der Waals surface area contributed by atoms with Gasteiger partial charge in [0, 0.05) is 59.0 Å². The van der Waals surface area contributed by atoms with Crippen LogP contribution in [0.5, 0.6) is 0 Å². The molecular weight excluding hydrogens is 455 g/mol. The number of hydrogen-bond acceptors (Lipinski definition) is 6. The third kappa shape index (κ3) is 5.54. The number of pyridine rings is 1. The molecule has 0 radical (unpaired) electrons. The molecule has 1 aliphatic rings. The van der Waals surface area contributed by atoms with Crippen molar-refractivity contribution in [3.63, 3.8) is 0 Å². The number of aryl methyl sites for hydroxylation is 1. The summed E-state index contributed by atoms with van der Waals surface area (Å²) in [6.07, 6.45) is -1.93. The number of carbonyl (C=O) groups excluding carboxylic acids is 1. The van der Waals surface area contributed by atoms with Gasteiger partial charge in [-0.2, -0.15) is 13.2 Å². The van der Waals surface area contributed by atoms with Crippen molar-refractivity contribution in [2.75, 3.05) is 29.9 Å². The van der Waals surface area contributed by atoms with Crippen molar-refractivity contribution < 1.29 is 22.2 Å². The van der Waals surface area contributed by atoms with Crippen LogP contribution >= 0.6 is 0 Å². The van der Waals surface area contributed by atoms with Gasteiger partial charge in [0.15, 0.2) is 0 Å². The highest BCUT2D eigenvalue weighted by Gasteiger charge is 2.32. The molecule has 3 heterocycles. The first-order valence-corrected chi connectivity index (χ1v) is 11.6. The average Bonchev–Trinajstić information content (AvgIpc) is 2.78. The van der Waals surface area contributed by atoms with Gasteiger partial charge in [0.25, 0.3) is 5.91 Å². The van der Waals surface area contributed by atoms with Gasteiger partial charge in [-0.25, -0.2) is 9.97 Å². The molecule has 0 aliphatic carbocycles. The maximum absolute atomic E-state index is 12.9. The van der Waals surface area contributed by atoms with Crippen LogP contribution in [0.1, 0.15) is 21.7 Å². The third-order valence-electron chi connectivity index (χ3n) is 5.06. The first-order chi connectivity index (χ1) is 15.7. The highest BCUT2D eigenvalue weighted by molar-refractivity contribution is 7.85. The van der Waals surface area contributed by atoms with E-state index in [2.05, 4.69) is 20.3 Å². The predicted molar refractivity (Wildman–Crippen MR) is 119 cm³/mol. The summed E-state index contributed by atoms with van der Waals surface area (Å²) in [6.45, 7) is 2.74. The lowest BCUT2D eigenvalue weighted by Gasteiger charge is -2.25. The zero-order chi connectivity index (χ0) is 23.6. The molecule has 1 N–H and O–H groups in total. The fourth-order valence-corrected chi connectivity index (χ4v) is 4.47. The molecular formula is C22H20F3N5O2S. The van der Waals surface area contributed by atoms with Gasteiger partial charge in [0.1, 0.15) is 11.4 Å². The summed E-state index contributed by atoms with van der Waals surface area (Å²) in [5.74, 6) is 0.575. The van der Waals surface area contributed by atoms with E-state index >= 15 is 0 Å². The molecule has 33 heavy (non-hydrogen) atoms. The van der Waals surface area contributed by atoms with Crippen molar-refractivity contribution in [2.24, 2.45) is 0 Å². The summed E-state index contributed by atoms with van der Waals surface area (Å²) >= 11 is 0. The van der Waals surface area contributed by atoms with Crippen molar-refractivity contribution in [1.29, 1.82) is 0 Å². The van der Waals surface area contributed by atoms with Crippen molar-refractivity contribution in [3.8, 4) is 11.1 Å². The van der Waals surface area contributed by atoms with Crippen LogP contribution in [0.15, 0.2) is 48.8 Å². The molecule has 0 atom stereocenters. The van der Waals surface area contributed by atoms with E-state index in [1.165, 1.54) is 0 Å². The Kier molecular flexibility index (Phi) is 6.41. The summed E-state index contributed by atoms with van der Waals surface area (Å²) in [5, 5.41) is 2.82. The van der Waals surface area contributed by atoms with Gasteiger partial charge in [-0.3, -0.25) is 14.0 Å². The maximum Gasteiger partial charge on any atom is 0.433 e. The van der Waals surface area contributed by atoms with Gasteiger partial charge in [-0.05, 0) is 42.3 Å². The number of nitrogens with one attached hydrogen (secondary N) is 1. The Morgan fingerprint density at radius 2 is 1.82 bits per heavy atom. The molecule has 1 aromatic carbocycles. The topological polar surface area (TPSA) is 88.1 Å². The van der Waals surface area contributed by atoms with E-state index in [1.807, 2.05) is 13.0 Å². The zero-order valence-electron chi connectivity index (χ0n) is 17.6. The summed E-state index contributed by atoms with van der Waals surface area (Å²) in [4.78, 5) is 26.0. The Morgan fingerprint density at radius 1 is 1.06 bits per heavy atom. The normalized spacial score (nSPS) is 14.8. The molecule has 0 bridgehead atoms. The molecule has 1 fully saturated rings. The largest absolute Gasteiger partial charge is 0.433 e. The van der Waals surface area contributed by atoms with Crippen LogP contribution in [0.2, 0.25) is 0 Å². The van der Waals surface area contributed by atoms with Crippen molar-refractivity contribution in [3.05, 3.63) is 65.7 Å². The second kappa shape index (κ2) is 9.26. The molecule has 172 valence electrons. The van der Waals surface area contributed by atoms with Crippen LogP contribution in [0.3, 0.4) is 0 Å². The standard InChI is InChI=1S/C22H20F3N5O2S/c1-14-10-16(12-17(11-14)28-21-26-5-4-19(29-21)22(23,24)25)15-2-3-18(27-13-15)20(31)30-6-8-33(32)9-7-30/h2-5,10-13H,6-9H2,1H3,(H,26,28,29). The summed E-state index contributed by atoms with van der Waals surface area (Å²) in [5.41, 5.74) is 2.16. The number of amides is 1. The van der Waals surface area contributed by atoms with Crippen LogP contribution in [-0.4, -0.2) is 54.6 Å². The number of hydrogen-bond donors (Lipinski definition) is 1. The number of anilines is 2. The highest BCUT2D eigenvalue weighted by atomic mass is 32.2. The minimum absolute atomic E-state index is 0.164.